The van der Waals surface area contributed by atoms with Crippen LogP contribution in [0.2, 0.25) is 0 Å². The number of amides is 1. The van der Waals surface area contributed by atoms with E-state index in [1.807, 2.05) is 42.2 Å². The fraction of sp³-hybridized carbons (Fsp3) is 0.222. The van der Waals surface area contributed by atoms with E-state index in [9.17, 15) is 9.90 Å². The Labute approximate surface area is 141 Å². The summed E-state index contributed by atoms with van der Waals surface area (Å²) in [6.45, 7) is 2.93. The first-order valence-corrected chi connectivity index (χ1v) is 7.63. The third kappa shape index (κ3) is 4.74. The van der Waals surface area contributed by atoms with E-state index >= 15 is 0 Å². The molecule has 0 spiro atoms. The van der Waals surface area contributed by atoms with Gasteiger partial charge in [0.25, 0.3) is 5.91 Å². The average Bonchev–Trinajstić information content (AvgIpc) is 2.61. The van der Waals surface area contributed by atoms with Crippen molar-refractivity contribution >= 4 is 17.8 Å². The molecule has 1 amide bonds. The van der Waals surface area contributed by atoms with E-state index in [1.54, 1.807) is 12.1 Å². The van der Waals surface area contributed by atoms with Crippen LogP contribution in [-0.2, 0) is 4.79 Å². The number of likely N-dealkylation sites (N-methyl/N-ethyl adjacent to an activating group) is 1. The van der Waals surface area contributed by atoms with E-state index in [0.717, 1.165) is 12.2 Å². The fourth-order valence-electron chi connectivity index (χ4n) is 2.19. The van der Waals surface area contributed by atoms with Crippen LogP contribution in [0.4, 0.5) is 5.69 Å². The van der Waals surface area contributed by atoms with Gasteiger partial charge in [-0.15, -0.1) is 0 Å². The molecule has 126 valence electrons. The number of hydrogen-bond acceptors (Lipinski definition) is 5. The molecule has 0 aliphatic carbocycles. The number of benzene rings is 2. The number of para-hydroxylation sites is 1. The predicted octanol–water partition coefficient (Wildman–Crippen LogP) is 2.38. The third-order valence-corrected chi connectivity index (χ3v) is 3.44. The van der Waals surface area contributed by atoms with Gasteiger partial charge in [-0.05, 0) is 42.8 Å². The number of phenolic OH excluding ortho intramolecular Hbond substituents is 1. The lowest BCUT2D eigenvalue weighted by Crippen LogP contribution is -2.35. The summed E-state index contributed by atoms with van der Waals surface area (Å²) in [5.74, 6) is 0.203. The Balaban J connectivity index is 1.92. The van der Waals surface area contributed by atoms with Crippen LogP contribution < -0.4 is 15.1 Å². The van der Waals surface area contributed by atoms with Crippen molar-refractivity contribution in [1.82, 2.24) is 5.43 Å². The van der Waals surface area contributed by atoms with Gasteiger partial charge in [-0.3, -0.25) is 4.79 Å². The first kappa shape index (κ1) is 17.3. The van der Waals surface area contributed by atoms with Crippen molar-refractivity contribution in [3.63, 3.8) is 0 Å². The molecule has 0 bridgehead atoms. The standard InChI is InChI=1S/C18H21N3O3/c1-3-21(15-7-5-4-6-8-15)13-18(23)20-19-12-14-9-10-16(22)17(11-14)24-2/h4-12,22H,3,13H2,1-2H3,(H,20,23). The van der Waals surface area contributed by atoms with Crippen LogP contribution in [0.5, 0.6) is 11.5 Å². The number of nitrogens with one attached hydrogen (secondary N) is 1. The first-order valence-electron chi connectivity index (χ1n) is 7.63. The molecule has 6 heteroatoms. The molecule has 0 atom stereocenters. The van der Waals surface area contributed by atoms with E-state index in [-0.39, 0.29) is 18.2 Å². The Kier molecular flexibility index (Phi) is 6.19. The summed E-state index contributed by atoms with van der Waals surface area (Å²) in [5.41, 5.74) is 4.20. The van der Waals surface area contributed by atoms with Crippen molar-refractivity contribution in [2.45, 2.75) is 6.92 Å². The van der Waals surface area contributed by atoms with Gasteiger partial charge in [0.1, 0.15) is 0 Å². The zero-order valence-corrected chi connectivity index (χ0v) is 13.8. The van der Waals surface area contributed by atoms with Crippen LogP contribution in [0.1, 0.15) is 12.5 Å². The second-order valence-electron chi connectivity index (χ2n) is 5.07. The summed E-state index contributed by atoms with van der Waals surface area (Å²) in [6.07, 6.45) is 1.50. The monoisotopic (exact) mass is 327 g/mol. The van der Waals surface area contributed by atoms with Crippen LogP contribution in [0, 0.1) is 0 Å². The Hall–Kier alpha value is -3.02. The number of hydrogen-bond donors (Lipinski definition) is 2. The zero-order chi connectivity index (χ0) is 17.4. The number of hydrazone groups is 1. The lowest BCUT2D eigenvalue weighted by Gasteiger charge is -2.21. The van der Waals surface area contributed by atoms with Crippen molar-refractivity contribution in [2.24, 2.45) is 5.10 Å². The van der Waals surface area contributed by atoms with Crippen molar-refractivity contribution in [3.05, 3.63) is 54.1 Å². The summed E-state index contributed by atoms with van der Waals surface area (Å²) in [6, 6.07) is 14.6. The summed E-state index contributed by atoms with van der Waals surface area (Å²) in [7, 11) is 1.47. The molecule has 2 aromatic carbocycles. The molecule has 2 rings (SSSR count). The van der Waals surface area contributed by atoms with Crippen LogP contribution in [0.15, 0.2) is 53.6 Å². The van der Waals surface area contributed by atoms with Gasteiger partial charge in [0.05, 0.1) is 19.9 Å². The maximum atomic E-state index is 12.0. The second kappa shape index (κ2) is 8.57. The molecule has 0 radical (unpaired) electrons. The number of carbonyl (C=O) groups is 1. The van der Waals surface area contributed by atoms with E-state index in [4.69, 9.17) is 4.74 Å². The van der Waals surface area contributed by atoms with Crippen LogP contribution in [-0.4, -0.2) is 37.4 Å². The van der Waals surface area contributed by atoms with Gasteiger partial charge in [0.2, 0.25) is 0 Å². The molecule has 0 fully saturated rings. The summed E-state index contributed by atoms with van der Waals surface area (Å²) >= 11 is 0. The van der Waals surface area contributed by atoms with Gasteiger partial charge in [0.15, 0.2) is 11.5 Å². The lowest BCUT2D eigenvalue weighted by molar-refractivity contribution is -0.119. The minimum Gasteiger partial charge on any atom is -0.504 e. The topological polar surface area (TPSA) is 74.2 Å². The Morgan fingerprint density at radius 1 is 1.29 bits per heavy atom. The number of anilines is 1. The van der Waals surface area contributed by atoms with Crippen molar-refractivity contribution in [2.75, 3.05) is 25.1 Å². The number of carbonyl (C=O) groups excluding carboxylic acids is 1. The van der Waals surface area contributed by atoms with Gasteiger partial charge < -0.3 is 14.7 Å². The quantitative estimate of drug-likeness (QED) is 0.605. The van der Waals surface area contributed by atoms with Gasteiger partial charge in [-0.25, -0.2) is 5.43 Å². The minimum atomic E-state index is -0.206. The summed E-state index contributed by atoms with van der Waals surface area (Å²) < 4.78 is 5.02. The SMILES string of the molecule is CCN(CC(=O)NN=Cc1ccc(O)c(OC)c1)c1ccccc1. The molecule has 0 saturated carbocycles. The fourth-order valence-corrected chi connectivity index (χ4v) is 2.19. The zero-order valence-electron chi connectivity index (χ0n) is 13.8. The average molecular weight is 327 g/mol. The van der Waals surface area contributed by atoms with Crippen LogP contribution in [0.3, 0.4) is 0 Å². The molecular weight excluding hydrogens is 306 g/mol. The number of aromatic hydroxyl groups is 1. The molecule has 0 unspecified atom stereocenters. The molecule has 0 heterocycles. The molecule has 0 aliphatic rings. The van der Waals surface area contributed by atoms with Gasteiger partial charge in [-0.2, -0.15) is 5.10 Å². The number of phenols is 1. The molecule has 24 heavy (non-hydrogen) atoms. The molecule has 0 aromatic heterocycles. The summed E-state index contributed by atoms with van der Waals surface area (Å²) in [4.78, 5) is 14.0. The van der Waals surface area contributed by atoms with E-state index in [0.29, 0.717) is 11.3 Å². The number of rotatable bonds is 7. The molecule has 0 saturated heterocycles. The highest BCUT2D eigenvalue weighted by Crippen LogP contribution is 2.25. The van der Waals surface area contributed by atoms with Gasteiger partial charge >= 0.3 is 0 Å². The predicted molar refractivity (Wildman–Crippen MR) is 94.7 cm³/mol. The molecule has 0 aliphatic heterocycles. The highest BCUT2D eigenvalue weighted by atomic mass is 16.5. The second-order valence-corrected chi connectivity index (χ2v) is 5.07. The van der Waals surface area contributed by atoms with Crippen molar-refractivity contribution in [3.8, 4) is 11.5 Å². The van der Waals surface area contributed by atoms with Gasteiger partial charge in [-0.1, -0.05) is 18.2 Å². The van der Waals surface area contributed by atoms with Crippen LogP contribution >= 0.6 is 0 Å². The Morgan fingerprint density at radius 3 is 2.71 bits per heavy atom. The third-order valence-electron chi connectivity index (χ3n) is 3.44. The van der Waals surface area contributed by atoms with E-state index in [1.165, 1.54) is 19.4 Å². The van der Waals surface area contributed by atoms with Crippen molar-refractivity contribution in [1.29, 1.82) is 0 Å². The smallest absolute Gasteiger partial charge is 0.259 e. The van der Waals surface area contributed by atoms with Gasteiger partial charge in [0, 0.05) is 12.2 Å². The first-order chi connectivity index (χ1) is 11.6. The Bertz CT molecular complexity index is 702. The Morgan fingerprint density at radius 2 is 2.04 bits per heavy atom. The molecule has 6 nitrogen and oxygen atoms in total. The highest BCUT2D eigenvalue weighted by Gasteiger charge is 2.08. The van der Waals surface area contributed by atoms with E-state index < -0.39 is 0 Å². The van der Waals surface area contributed by atoms with Crippen LogP contribution in [0.25, 0.3) is 0 Å². The molecule has 2 aromatic rings. The summed E-state index contributed by atoms with van der Waals surface area (Å²) in [5, 5.41) is 13.5. The number of nitrogens with zero attached hydrogens (tertiary/aromatic N) is 2. The highest BCUT2D eigenvalue weighted by molar-refractivity contribution is 5.85. The maximum Gasteiger partial charge on any atom is 0.259 e. The lowest BCUT2D eigenvalue weighted by atomic mass is 10.2. The van der Waals surface area contributed by atoms with Crippen molar-refractivity contribution < 1.29 is 14.6 Å². The molecular formula is C18H21N3O3. The maximum absolute atomic E-state index is 12.0. The van der Waals surface area contributed by atoms with E-state index in [2.05, 4.69) is 10.5 Å². The molecule has 2 N–H and O–H groups in total. The number of methoxy groups -OCH3 is 1. The normalized spacial score (nSPS) is 10.6. The number of ether oxygens (including phenoxy) is 1. The largest absolute Gasteiger partial charge is 0.504 e. The minimum absolute atomic E-state index is 0.0557.